The first-order valence-electron chi connectivity index (χ1n) is 10.3. The third kappa shape index (κ3) is 5.75. The first kappa shape index (κ1) is 22.9. The van der Waals surface area contributed by atoms with Crippen molar-refractivity contribution >= 4 is 29.9 Å². The zero-order chi connectivity index (χ0) is 23.8. The molecule has 2 heterocycles. The molecule has 0 fully saturated rings. The Morgan fingerprint density at radius 1 is 1.12 bits per heavy atom. The summed E-state index contributed by atoms with van der Waals surface area (Å²) < 4.78 is 12.3. The summed E-state index contributed by atoms with van der Waals surface area (Å²) in [6, 6.07) is 19.8. The number of ether oxygens (including phenoxy) is 1. The minimum absolute atomic E-state index is 0.0841. The van der Waals surface area contributed by atoms with Crippen LogP contribution in [-0.4, -0.2) is 50.7 Å². The lowest BCUT2D eigenvalue weighted by molar-refractivity contribution is -0.118. The van der Waals surface area contributed by atoms with Gasteiger partial charge in [0.05, 0.1) is 29.8 Å². The number of tetrazole rings is 1. The molecule has 0 aliphatic rings. The average Bonchev–Trinajstić information content (AvgIpc) is 3.53. The zero-order valence-electron chi connectivity index (χ0n) is 18.1. The number of nitrogens with one attached hydrogen (secondary N) is 1. The van der Waals surface area contributed by atoms with Crippen LogP contribution < -0.4 is 5.43 Å². The number of carbonyl (C=O) groups excluding carboxylic acids is 2. The van der Waals surface area contributed by atoms with E-state index in [2.05, 4.69) is 26.1 Å². The van der Waals surface area contributed by atoms with Crippen molar-refractivity contribution in [3.8, 4) is 17.0 Å². The Labute approximate surface area is 199 Å². The monoisotopic (exact) mass is 476 g/mol. The fourth-order valence-corrected chi connectivity index (χ4v) is 3.58. The Kier molecular flexibility index (Phi) is 7.45. The van der Waals surface area contributed by atoms with E-state index in [9.17, 15) is 9.59 Å². The molecular formula is C23H20N6O4S. The van der Waals surface area contributed by atoms with Gasteiger partial charge in [-0.05, 0) is 53.7 Å². The Morgan fingerprint density at radius 3 is 2.68 bits per heavy atom. The summed E-state index contributed by atoms with van der Waals surface area (Å²) in [6.07, 6.45) is 1.41. The van der Waals surface area contributed by atoms with Crippen LogP contribution in [0.1, 0.15) is 23.0 Å². The van der Waals surface area contributed by atoms with E-state index in [0.717, 1.165) is 11.3 Å². The second-order valence-electron chi connectivity index (χ2n) is 6.79. The van der Waals surface area contributed by atoms with Crippen molar-refractivity contribution < 1.29 is 18.7 Å². The molecular weight excluding hydrogens is 456 g/mol. The molecule has 0 spiro atoms. The number of nitrogens with zero attached hydrogens (tertiary/aromatic N) is 5. The number of benzene rings is 2. The molecule has 11 heteroatoms. The molecule has 1 N–H and O–H groups in total. The molecule has 0 saturated heterocycles. The van der Waals surface area contributed by atoms with Gasteiger partial charge in [-0.2, -0.15) is 9.78 Å². The molecule has 4 rings (SSSR count). The number of furan rings is 1. The van der Waals surface area contributed by atoms with Crippen molar-refractivity contribution in [1.29, 1.82) is 0 Å². The zero-order valence-corrected chi connectivity index (χ0v) is 18.9. The van der Waals surface area contributed by atoms with Crippen molar-refractivity contribution in [2.45, 2.75) is 12.1 Å². The Morgan fingerprint density at radius 2 is 1.91 bits per heavy atom. The first-order chi connectivity index (χ1) is 16.6. The molecule has 10 nitrogen and oxygen atoms in total. The molecule has 0 atom stereocenters. The third-order valence-electron chi connectivity index (χ3n) is 4.46. The van der Waals surface area contributed by atoms with Crippen LogP contribution in [0.4, 0.5) is 0 Å². The van der Waals surface area contributed by atoms with Gasteiger partial charge in [0.15, 0.2) is 0 Å². The molecule has 0 aliphatic heterocycles. The quantitative estimate of drug-likeness (QED) is 0.169. The highest BCUT2D eigenvalue weighted by Crippen LogP contribution is 2.22. The number of hydrazone groups is 1. The Balaban J connectivity index is 1.29. The molecule has 0 aliphatic carbocycles. The predicted molar refractivity (Wildman–Crippen MR) is 126 cm³/mol. The summed E-state index contributed by atoms with van der Waals surface area (Å²) >= 11 is 1.19. The summed E-state index contributed by atoms with van der Waals surface area (Å²) in [5.74, 6) is 0.467. The molecule has 0 unspecified atom stereocenters. The number of thioether (sulfide) groups is 1. The van der Waals surface area contributed by atoms with E-state index in [-0.39, 0.29) is 17.6 Å². The maximum Gasteiger partial charge on any atom is 0.338 e. The Hall–Kier alpha value is -4.25. The highest BCUT2D eigenvalue weighted by molar-refractivity contribution is 7.99. The second-order valence-corrected chi connectivity index (χ2v) is 7.73. The smallest absolute Gasteiger partial charge is 0.338 e. The van der Waals surface area contributed by atoms with Gasteiger partial charge >= 0.3 is 5.97 Å². The fourth-order valence-electron chi connectivity index (χ4n) is 2.89. The summed E-state index contributed by atoms with van der Waals surface area (Å²) in [4.78, 5) is 23.9. The minimum Gasteiger partial charge on any atom is -0.462 e. The van der Waals surface area contributed by atoms with Gasteiger partial charge in [-0.25, -0.2) is 10.2 Å². The van der Waals surface area contributed by atoms with Crippen molar-refractivity contribution in [2.24, 2.45) is 5.10 Å². The highest BCUT2D eigenvalue weighted by atomic mass is 32.2. The predicted octanol–water partition coefficient (Wildman–Crippen LogP) is 3.34. The van der Waals surface area contributed by atoms with Crippen LogP contribution in [0.15, 0.2) is 81.4 Å². The molecule has 0 radical (unpaired) electrons. The number of hydrogen-bond acceptors (Lipinski definition) is 9. The number of amides is 1. The van der Waals surface area contributed by atoms with Crippen molar-refractivity contribution in [3.63, 3.8) is 0 Å². The summed E-state index contributed by atoms with van der Waals surface area (Å²) in [5.41, 5.74) is 4.52. The van der Waals surface area contributed by atoms with Crippen molar-refractivity contribution in [3.05, 3.63) is 78.1 Å². The lowest BCUT2D eigenvalue weighted by atomic mass is 10.1. The van der Waals surface area contributed by atoms with E-state index in [1.165, 1.54) is 18.0 Å². The van der Waals surface area contributed by atoms with Crippen molar-refractivity contribution in [2.75, 3.05) is 12.4 Å². The summed E-state index contributed by atoms with van der Waals surface area (Å²) in [5, 5.41) is 16.0. The highest BCUT2D eigenvalue weighted by Gasteiger charge is 2.11. The van der Waals surface area contributed by atoms with Crippen LogP contribution in [0.5, 0.6) is 0 Å². The van der Waals surface area contributed by atoms with E-state index < -0.39 is 0 Å². The van der Waals surface area contributed by atoms with Crippen LogP contribution in [0.25, 0.3) is 17.0 Å². The van der Waals surface area contributed by atoms with Gasteiger partial charge in [0.2, 0.25) is 5.16 Å². The van der Waals surface area contributed by atoms with E-state index in [4.69, 9.17) is 9.15 Å². The van der Waals surface area contributed by atoms with Crippen LogP contribution in [-0.2, 0) is 9.53 Å². The fraction of sp³-hybridized carbons (Fsp3) is 0.130. The molecule has 172 valence electrons. The standard InChI is InChI=1S/C23H20N6O4S/c1-2-32-22(31)17-10-8-16(9-11-17)20-13-12-19(33-20)14-24-25-21(30)15-34-23-26-27-28-29(23)18-6-4-3-5-7-18/h3-14H,2,15H2,1H3,(H,25,30)/b24-14+. The van der Waals surface area contributed by atoms with Gasteiger partial charge < -0.3 is 9.15 Å². The number of carbonyl (C=O) groups is 2. The van der Waals surface area contributed by atoms with Gasteiger partial charge in [-0.3, -0.25) is 4.79 Å². The maximum absolute atomic E-state index is 12.1. The normalized spacial score (nSPS) is 11.0. The van der Waals surface area contributed by atoms with Crippen LogP contribution in [0.3, 0.4) is 0 Å². The molecule has 2 aromatic heterocycles. The number of aromatic nitrogens is 4. The van der Waals surface area contributed by atoms with Crippen molar-refractivity contribution in [1.82, 2.24) is 25.6 Å². The van der Waals surface area contributed by atoms with Gasteiger partial charge in [-0.15, -0.1) is 5.10 Å². The van der Waals surface area contributed by atoms with Gasteiger partial charge in [0.1, 0.15) is 11.5 Å². The van der Waals surface area contributed by atoms with Gasteiger partial charge in [-0.1, -0.05) is 42.1 Å². The molecule has 0 bridgehead atoms. The molecule has 4 aromatic rings. The van der Waals surface area contributed by atoms with Crippen LogP contribution in [0.2, 0.25) is 0 Å². The lowest BCUT2D eigenvalue weighted by Gasteiger charge is -2.03. The number of rotatable bonds is 9. The third-order valence-corrected chi connectivity index (χ3v) is 5.38. The van der Waals surface area contributed by atoms with E-state index in [1.807, 2.05) is 30.3 Å². The SMILES string of the molecule is CCOC(=O)c1ccc(-c2ccc(/C=N/NC(=O)CSc3nnnn3-c3ccccc3)o2)cc1. The average molecular weight is 477 g/mol. The minimum atomic E-state index is -0.369. The van der Waals surface area contributed by atoms with E-state index in [0.29, 0.717) is 28.8 Å². The number of para-hydroxylation sites is 1. The maximum atomic E-state index is 12.1. The molecule has 2 aromatic carbocycles. The lowest BCUT2D eigenvalue weighted by Crippen LogP contribution is -2.19. The van der Waals surface area contributed by atoms with Crippen LogP contribution in [0, 0.1) is 0 Å². The van der Waals surface area contributed by atoms with Gasteiger partial charge in [0.25, 0.3) is 5.91 Å². The second kappa shape index (κ2) is 11.1. The summed E-state index contributed by atoms with van der Waals surface area (Å²) in [6.45, 7) is 2.08. The Bertz CT molecular complexity index is 1280. The van der Waals surface area contributed by atoms with E-state index in [1.54, 1.807) is 48.0 Å². The molecule has 0 saturated carbocycles. The first-order valence-corrected chi connectivity index (χ1v) is 11.3. The van der Waals surface area contributed by atoms with Gasteiger partial charge in [0, 0.05) is 5.56 Å². The van der Waals surface area contributed by atoms with E-state index >= 15 is 0 Å². The number of esters is 1. The summed E-state index contributed by atoms with van der Waals surface area (Å²) in [7, 11) is 0. The van der Waals surface area contributed by atoms with Crippen LogP contribution >= 0.6 is 11.8 Å². The topological polar surface area (TPSA) is 124 Å². The largest absolute Gasteiger partial charge is 0.462 e. The molecule has 34 heavy (non-hydrogen) atoms. The molecule has 1 amide bonds. The number of hydrogen-bond donors (Lipinski definition) is 1.